The summed E-state index contributed by atoms with van der Waals surface area (Å²) in [5.41, 5.74) is 0.448. The summed E-state index contributed by atoms with van der Waals surface area (Å²) in [5.74, 6) is 1.68. The summed E-state index contributed by atoms with van der Waals surface area (Å²) in [7, 11) is 3.91. The Morgan fingerprint density at radius 2 is 2.06 bits per heavy atom. The van der Waals surface area contributed by atoms with E-state index in [-0.39, 0.29) is 0 Å². The largest absolute Gasteiger partial charge is 0.369 e. The molecule has 4 heteroatoms. The highest BCUT2D eigenvalue weighted by Gasteiger charge is 2.28. The lowest BCUT2D eigenvalue weighted by atomic mass is 9.89. The van der Waals surface area contributed by atoms with E-state index in [2.05, 4.69) is 22.2 Å². The van der Waals surface area contributed by atoms with Gasteiger partial charge in [-0.2, -0.15) is 4.98 Å². The van der Waals surface area contributed by atoms with E-state index in [0.717, 1.165) is 18.3 Å². The maximum atomic E-state index is 4.47. The van der Waals surface area contributed by atoms with Crippen molar-refractivity contribution in [2.45, 2.75) is 32.6 Å². The van der Waals surface area contributed by atoms with Crippen LogP contribution in [0.5, 0.6) is 0 Å². The van der Waals surface area contributed by atoms with Crippen molar-refractivity contribution in [2.75, 3.05) is 30.9 Å². The first-order valence-corrected chi connectivity index (χ1v) is 6.33. The predicted molar refractivity (Wildman–Crippen MR) is 71.4 cm³/mol. The van der Waals surface area contributed by atoms with Crippen molar-refractivity contribution in [3.05, 3.63) is 12.3 Å². The van der Waals surface area contributed by atoms with Gasteiger partial charge in [0.15, 0.2) is 0 Å². The van der Waals surface area contributed by atoms with Crippen LogP contribution in [0, 0.1) is 5.41 Å². The van der Waals surface area contributed by atoms with E-state index in [9.17, 15) is 0 Å². The van der Waals surface area contributed by atoms with E-state index in [1.807, 2.05) is 31.3 Å². The molecule has 1 aromatic heterocycles. The molecule has 1 fully saturated rings. The number of rotatable bonds is 4. The van der Waals surface area contributed by atoms with Gasteiger partial charge in [0.2, 0.25) is 5.95 Å². The van der Waals surface area contributed by atoms with Gasteiger partial charge in [0.25, 0.3) is 0 Å². The number of anilines is 2. The van der Waals surface area contributed by atoms with Crippen LogP contribution in [0.15, 0.2) is 12.3 Å². The standard InChI is InChI=1S/C13H22N4/c1-13(7-4-5-8-13)10-15-11-6-9-14-12(16-11)17(2)3/h6,9H,4-5,7-8,10H2,1-3H3,(H,14,15,16). The lowest BCUT2D eigenvalue weighted by Gasteiger charge is -2.24. The molecule has 1 heterocycles. The van der Waals surface area contributed by atoms with Crippen LogP contribution in [0.2, 0.25) is 0 Å². The molecule has 0 unspecified atom stereocenters. The van der Waals surface area contributed by atoms with E-state index >= 15 is 0 Å². The Kier molecular flexibility index (Phi) is 3.50. The van der Waals surface area contributed by atoms with Gasteiger partial charge in [-0.1, -0.05) is 19.8 Å². The smallest absolute Gasteiger partial charge is 0.226 e. The normalized spacial score (nSPS) is 18.1. The molecule has 0 aliphatic heterocycles. The summed E-state index contributed by atoms with van der Waals surface area (Å²) < 4.78 is 0. The Bertz CT molecular complexity index is 369. The zero-order valence-corrected chi connectivity index (χ0v) is 11.0. The maximum absolute atomic E-state index is 4.47. The van der Waals surface area contributed by atoms with Crippen LogP contribution < -0.4 is 10.2 Å². The molecular weight excluding hydrogens is 212 g/mol. The average molecular weight is 234 g/mol. The summed E-state index contributed by atoms with van der Waals surface area (Å²) in [6.07, 6.45) is 7.19. The Hall–Kier alpha value is -1.32. The number of nitrogens with zero attached hydrogens (tertiary/aromatic N) is 3. The second kappa shape index (κ2) is 4.90. The molecule has 1 aliphatic carbocycles. The zero-order valence-electron chi connectivity index (χ0n) is 11.0. The van der Waals surface area contributed by atoms with Crippen LogP contribution in [-0.2, 0) is 0 Å². The molecule has 0 spiro atoms. The van der Waals surface area contributed by atoms with E-state index in [0.29, 0.717) is 5.41 Å². The fraction of sp³-hybridized carbons (Fsp3) is 0.692. The van der Waals surface area contributed by atoms with Crippen LogP contribution in [-0.4, -0.2) is 30.6 Å². The number of nitrogens with one attached hydrogen (secondary N) is 1. The van der Waals surface area contributed by atoms with Gasteiger partial charge in [-0.25, -0.2) is 4.98 Å². The number of hydrogen-bond donors (Lipinski definition) is 1. The van der Waals surface area contributed by atoms with Crippen molar-refractivity contribution in [2.24, 2.45) is 5.41 Å². The van der Waals surface area contributed by atoms with Crippen LogP contribution in [0.3, 0.4) is 0 Å². The van der Waals surface area contributed by atoms with Gasteiger partial charge in [-0.05, 0) is 24.3 Å². The second-order valence-electron chi connectivity index (χ2n) is 5.51. The summed E-state index contributed by atoms with van der Waals surface area (Å²) >= 11 is 0. The quantitative estimate of drug-likeness (QED) is 0.869. The molecule has 2 rings (SSSR count). The molecule has 1 N–H and O–H groups in total. The lowest BCUT2D eigenvalue weighted by Crippen LogP contribution is -2.23. The zero-order chi connectivity index (χ0) is 12.3. The average Bonchev–Trinajstić information content (AvgIpc) is 2.75. The third kappa shape index (κ3) is 3.08. The van der Waals surface area contributed by atoms with Crippen molar-refractivity contribution >= 4 is 11.8 Å². The van der Waals surface area contributed by atoms with Gasteiger partial charge in [0.05, 0.1) is 0 Å². The Morgan fingerprint density at radius 1 is 1.35 bits per heavy atom. The topological polar surface area (TPSA) is 41.1 Å². The van der Waals surface area contributed by atoms with Crippen LogP contribution in [0.25, 0.3) is 0 Å². The maximum Gasteiger partial charge on any atom is 0.226 e. The van der Waals surface area contributed by atoms with Crippen LogP contribution in [0.4, 0.5) is 11.8 Å². The van der Waals surface area contributed by atoms with Gasteiger partial charge >= 0.3 is 0 Å². The van der Waals surface area contributed by atoms with Crippen LogP contribution in [0.1, 0.15) is 32.6 Å². The lowest BCUT2D eigenvalue weighted by molar-refractivity contribution is 0.361. The van der Waals surface area contributed by atoms with E-state index in [1.54, 1.807) is 0 Å². The summed E-state index contributed by atoms with van der Waals surface area (Å²) in [5, 5.41) is 3.44. The third-order valence-electron chi connectivity index (χ3n) is 3.55. The first-order chi connectivity index (χ1) is 8.09. The van der Waals surface area contributed by atoms with E-state index in [4.69, 9.17) is 0 Å². The molecule has 1 aliphatic rings. The van der Waals surface area contributed by atoms with Gasteiger partial charge in [0, 0.05) is 26.8 Å². The molecule has 0 atom stereocenters. The second-order valence-corrected chi connectivity index (χ2v) is 5.51. The van der Waals surface area contributed by atoms with Gasteiger partial charge in [-0.3, -0.25) is 0 Å². The van der Waals surface area contributed by atoms with Crippen LogP contribution >= 0.6 is 0 Å². The number of hydrogen-bond acceptors (Lipinski definition) is 4. The van der Waals surface area contributed by atoms with E-state index < -0.39 is 0 Å². The van der Waals surface area contributed by atoms with Crippen molar-refractivity contribution in [1.29, 1.82) is 0 Å². The van der Waals surface area contributed by atoms with Gasteiger partial charge in [-0.15, -0.1) is 0 Å². The molecule has 0 amide bonds. The predicted octanol–water partition coefficient (Wildman–Crippen LogP) is 2.53. The molecule has 4 nitrogen and oxygen atoms in total. The fourth-order valence-electron chi connectivity index (χ4n) is 2.37. The SMILES string of the molecule is CN(C)c1nccc(NCC2(C)CCCC2)n1. The Balaban J connectivity index is 1.96. The highest BCUT2D eigenvalue weighted by Crippen LogP contribution is 2.37. The molecule has 94 valence electrons. The molecule has 0 radical (unpaired) electrons. The first kappa shape index (κ1) is 12.1. The van der Waals surface area contributed by atoms with Crippen molar-refractivity contribution in [3.63, 3.8) is 0 Å². The third-order valence-corrected chi connectivity index (χ3v) is 3.55. The Morgan fingerprint density at radius 3 is 2.71 bits per heavy atom. The molecule has 1 aromatic rings. The minimum absolute atomic E-state index is 0.448. The van der Waals surface area contributed by atoms with Gasteiger partial charge in [0.1, 0.15) is 5.82 Å². The molecule has 0 aromatic carbocycles. The fourth-order valence-corrected chi connectivity index (χ4v) is 2.37. The first-order valence-electron chi connectivity index (χ1n) is 6.33. The minimum atomic E-state index is 0.448. The van der Waals surface area contributed by atoms with Crippen molar-refractivity contribution in [1.82, 2.24) is 9.97 Å². The van der Waals surface area contributed by atoms with Crippen molar-refractivity contribution in [3.8, 4) is 0 Å². The van der Waals surface area contributed by atoms with Gasteiger partial charge < -0.3 is 10.2 Å². The molecule has 0 saturated heterocycles. The van der Waals surface area contributed by atoms with Crippen molar-refractivity contribution < 1.29 is 0 Å². The minimum Gasteiger partial charge on any atom is -0.369 e. The monoisotopic (exact) mass is 234 g/mol. The molecule has 17 heavy (non-hydrogen) atoms. The summed E-state index contributed by atoms with van der Waals surface area (Å²) in [4.78, 5) is 10.6. The molecule has 1 saturated carbocycles. The molecule has 0 bridgehead atoms. The molecular formula is C13H22N4. The summed E-state index contributed by atoms with van der Waals surface area (Å²) in [6, 6.07) is 1.94. The highest BCUT2D eigenvalue weighted by atomic mass is 15.2. The Labute approximate surface area is 103 Å². The number of aromatic nitrogens is 2. The summed E-state index contributed by atoms with van der Waals surface area (Å²) in [6.45, 7) is 3.37. The highest BCUT2D eigenvalue weighted by molar-refractivity contribution is 5.40. The van der Waals surface area contributed by atoms with E-state index in [1.165, 1.54) is 25.7 Å².